The van der Waals surface area contributed by atoms with Crippen LogP contribution in [0.5, 0.6) is 0 Å². The second kappa shape index (κ2) is 26.5. The second-order valence-electron chi connectivity index (χ2n) is 15.3. The van der Waals surface area contributed by atoms with Crippen LogP contribution in [0.3, 0.4) is 0 Å². The van der Waals surface area contributed by atoms with Crippen molar-refractivity contribution in [2.45, 2.75) is 25.7 Å². The zero-order valence-corrected chi connectivity index (χ0v) is 40.7. The Morgan fingerprint density at radius 1 is 0.180 bits per heavy atom. The molecule has 0 aromatic heterocycles. The summed E-state index contributed by atoms with van der Waals surface area (Å²) >= 11 is 0. The molecule has 61 heavy (non-hydrogen) atoms. The van der Waals surface area contributed by atoms with Gasteiger partial charge in [-0.15, -0.1) is 0 Å². The van der Waals surface area contributed by atoms with E-state index >= 15 is 0 Å². The number of unbranched alkanes of at least 4 members (excludes halogenated alkanes) is 2. The maximum absolute atomic E-state index is 2.32. The Labute approximate surface area is 384 Å². The summed E-state index contributed by atoms with van der Waals surface area (Å²) < 4.78 is 0. The Morgan fingerprint density at radius 3 is 0.410 bits per heavy atom. The van der Waals surface area contributed by atoms with Crippen LogP contribution in [0, 0.1) is 0 Å². The Bertz CT molecular complexity index is 1820. The molecule has 0 nitrogen and oxygen atoms in total. The monoisotopic (exact) mass is 959 g/mol. The SMILES string of the molecule is [Rh].c1ccc([PH+](CCCC[PH+](c2ccccc2)c2ccccc2)c2ccccc2)cc1.c1ccc([PH+](CCCC[PH+](c2ccccc2)c2ccccc2)c2ccccc2)cc1. The van der Waals surface area contributed by atoms with Gasteiger partial charge in [-0.05, 0) is 123 Å². The van der Waals surface area contributed by atoms with Gasteiger partial charge in [-0.25, -0.2) is 0 Å². The third-order valence-corrected chi connectivity index (χ3v) is 22.8. The molecule has 0 heterocycles. The molecule has 8 rings (SSSR count). The number of rotatable bonds is 18. The third kappa shape index (κ3) is 14.6. The van der Waals surface area contributed by atoms with E-state index in [1.165, 1.54) is 92.8 Å². The summed E-state index contributed by atoms with van der Waals surface area (Å²) in [5, 5.41) is 12.3. The van der Waals surface area contributed by atoms with Gasteiger partial charge < -0.3 is 0 Å². The quantitative estimate of drug-likeness (QED) is 0.0457. The van der Waals surface area contributed by atoms with Gasteiger partial charge in [0.2, 0.25) is 0 Å². The molecule has 0 aliphatic heterocycles. The van der Waals surface area contributed by atoms with E-state index in [-0.39, 0.29) is 19.5 Å². The minimum absolute atomic E-state index is 0. The normalized spacial score (nSPS) is 11.0. The van der Waals surface area contributed by atoms with Crippen molar-refractivity contribution in [2.75, 3.05) is 24.6 Å². The Balaban J connectivity index is 0.000000201. The summed E-state index contributed by atoms with van der Waals surface area (Å²) in [6.45, 7) is 0. The molecule has 0 unspecified atom stereocenters. The van der Waals surface area contributed by atoms with Crippen molar-refractivity contribution in [1.82, 2.24) is 0 Å². The van der Waals surface area contributed by atoms with Crippen LogP contribution in [0.25, 0.3) is 0 Å². The van der Waals surface area contributed by atoms with E-state index in [9.17, 15) is 0 Å². The molecule has 0 bridgehead atoms. The fourth-order valence-electron chi connectivity index (χ4n) is 8.14. The largest absolute Gasteiger partial charge is 0.0966 e. The zero-order valence-electron chi connectivity index (χ0n) is 35.1. The molecular weight excluding hydrogens is 899 g/mol. The summed E-state index contributed by atoms with van der Waals surface area (Å²) in [6, 6.07) is 89.2. The van der Waals surface area contributed by atoms with Crippen molar-refractivity contribution in [3.05, 3.63) is 243 Å². The van der Waals surface area contributed by atoms with E-state index in [1.54, 1.807) is 0 Å². The molecule has 5 heteroatoms. The van der Waals surface area contributed by atoms with Crippen molar-refractivity contribution in [2.24, 2.45) is 0 Å². The van der Waals surface area contributed by atoms with Gasteiger partial charge in [0, 0.05) is 19.5 Å². The first-order valence-corrected chi connectivity index (χ1v) is 28.5. The van der Waals surface area contributed by atoms with Gasteiger partial charge in [-0.3, -0.25) is 0 Å². The number of benzene rings is 8. The Morgan fingerprint density at radius 2 is 0.295 bits per heavy atom. The van der Waals surface area contributed by atoms with Gasteiger partial charge in [0.1, 0.15) is 0 Å². The van der Waals surface area contributed by atoms with E-state index in [0.29, 0.717) is 0 Å². The van der Waals surface area contributed by atoms with Crippen LogP contribution in [0.1, 0.15) is 25.7 Å². The van der Waals surface area contributed by atoms with Crippen molar-refractivity contribution < 1.29 is 19.5 Å². The van der Waals surface area contributed by atoms with E-state index in [2.05, 4.69) is 243 Å². The van der Waals surface area contributed by atoms with Gasteiger partial charge in [0.05, 0.1) is 98.8 Å². The van der Waals surface area contributed by atoms with Crippen molar-refractivity contribution in [3.63, 3.8) is 0 Å². The molecule has 0 amide bonds. The summed E-state index contributed by atoms with van der Waals surface area (Å²) in [5.74, 6) is 0. The van der Waals surface area contributed by atoms with Crippen LogP contribution < -0.4 is 42.4 Å². The van der Waals surface area contributed by atoms with Gasteiger partial charge in [-0.2, -0.15) is 0 Å². The standard InChI is InChI=1S/2C28H28P2.Rh/c2*1-5-15-25(16-6-1)29(26-17-7-2-8-18-26)23-13-14-24-30(27-19-9-3-10-20-27)28-21-11-4-12-22-28;/h2*1-12,15-22H,13-14,23-24H2;/p+4. The van der Waals surface area contributed by atoms with Crippen molar-refractivity contribution in [1.29, 1.82) is 0 Å². The summed E-state index contributed by atoms with van der Waals surface area (Å²) in [5.41, 5.74) is 0. The van der Waals surface area contributed by atoms with Gasteiger partial charge in [0.15, 0.2) is 0 Å². The van der Waals surface area contributed by atoms with Crippen LogP contribution in [0.15, 0.2) is 243 Å². The zero-order chi connectivity index (χ0) is 40.9. The second-order valence-corrected chi connectivity index (χ2v) is 25.7. The Kier molecular flexibility index (Phi) is 20.3. The molecule has 0 aliphatic carbocycles. The molecule has 0 fully saturated rings. The van der Waals surface area contributed by atoms with E-state index < -0.39 is 31.7 Å². The van der Waals surface area contributed by atoms with Crippen LogP contribution in [-0.2, 0) is 19.5 Å². The molecule has 8 aromatic carbocycles. The van der Waals surface area contributed by atoms with Crippen LogP contribution >= 0.6 is 31.7 Å². The summed E-state index contributed by atoms with van der Waals surface area (Å²) in [7, 11) is -2.86. The summed E-state index contributed by atoms with van der Waals surface area (Å²) in [4.78, 5) is 0. The fraction of sp³-hybridized carbons (Fsp3) is 0.143. The Hall–Kier alpha value is -3.90. The average molecular weight is 960 g/mol. The molecule has 0 atom stereocenters. The van der Waals surface area contributed by atoms with Gasteiger partial charge in [-0.1, -0.05) is 146 Å². The average Bonchev–Trinajstić information content (AvgIpc) is 3.34. The number of hydrogen-bond donors (Lipinski definition) is 0. The maximum atomic E-state index is 2.32. The van der Waals surface area contributed by atoms with Crippen LogP contribution in [0.2, 0.25) is 0 Å². The molecule has 0 saturated carbocycles. The first kappa shape index (κ1) is 46.6. The minimum Gasteiger partial charge on any atom is -0.0620 e. The van der Waals surface area contributed by atoms with Crippen molar-refractivity contribution in [3.8, 4) is 0 Å². The first-order valence-electron chi connectivity index (χ1n) is 21.7. The van der Waals surface area contributed by atoms with E-state index in [4.69, 9.17) is 0 Å². The van der Waals surface area contributed by atoms with E-state index in [1.807, 2.05) is 0 Å². The first-order chi connectivity index (χ1) is 29.8. The fourth-order valence-corrected chi connectivity index (χ4v) is 19.0. The third-order valence-electron chi connectivity index (χ3n) is 11.2. The molecule has 309 valence electrons. The molecule has 8 aromatic rings. The van der Waals surface area contributed by atoms with Crippen molar-refractivity contribution >= 4 is 74.1 Å². The molecule has 0 spiro atoms. The molecule has 0 N–H and O–H groups in total. The predicted molar refractivity (Wildman–Crippen MR) is 280 cm³/mol. The van der Waals surface area contributed by atoms with Gasteiger partial charge in [0.25, 0.3) is 0 Å². The molecule has 0 aliphatic rings. The van der Waals surface area contributed by atoms with E-state index in [0.717, 1.165) is 0 Å². The topological polar surface area (TPSA) is 0 Å². The number of hydrogen-bond acceptors (Lipinski definition) is 0. The molecule has 0 saturated heterocycles. The molecular formula is C56H60P4Rh+4. The smallest absolute Gasteiger partial charge is 0.0620 e. The summed E-state index contributed by atoms with van der Waals surface area (Å²) in [6.07, 6.45) is 10.4. The maximum Gasteiger partial charge on any atom is 0.0966 e. The van der Waals surface area contributed by atoms with Crippen LogP contribution in [0.4, 0.5) is 0 Å². The molecule has 1 radical (unpaired) electrons. The predicted octanol–water partition coefficient (Wildman–Crippen LogP) is 11.0. The minimum atomic E-state index is -0.714. The van der Waals surface area contributed by atoms with Gasteiger partial charge >= 0.3 is 0 Å². The van der Waals surface area contributed by atoms with Crippen LogP contribution in [-0.4, -0.2) is 24.6 Å².